The molecule has 1 unspecified atom stereocenters. The Labute approximate surface area is 113 Å². The summed E-state index contributed by atoms with van der Waals surface area (Å²) in [6.45, 7) is -0.0494. The number of hydrogen-bond acceptors (Lipinski definition) is 3. The van der Waals surface area contributed by atoms with Crippen LogP contribution in [-0.4, -0.2) is 34.9 Å². The zero-order valence-corrected chi connectivity index (χ0v) is 10.4. The van der Waals surface area contributed by atoms with Gasteiger partial charge >= 0.3 is 12.0 Å². The summed E-state index contributed by atoms with van der Waals surface area (Å²) in [4.78, 5) is 21.7. The van der Waals surface area contributed by atoms with Gasteiger partial charge in [0, 0.05) is 13.0 Å². The van der Waals surface area contributed by atoms with E-state index in [-0.39, 0.29) is 23.7 Å². The number of carboxylic acid groups (broad SMARTS) is 1. The van der Waals surface area contributed by atoms with Crippen molar-refractivity contribution in [3.63, 3.8) is 0 Å². The van der Waals surface area contributed by atoms with Crippen molar-refractivity contribution in [2.75, 3.05) is 11.9 Å². The van der Waals surface area contributed by atoms with E-state index in [1.54, 1.807) is 0 Å². The van der Waals surface area contributed by atoms with Crippen molar-refractivity contribution in [1.82, 2.24) is 5.32 Å². The Bertz CT molecular complexity index is 484. The first-order valence-corrected chi connectivity index (χ1v) is 5.68. The molecule has 0 saturated heterocycles. The van der Waals surface area contributed by atoms with Crippen LogP contribution in [0.2, 0.25) is 5.02 Å². The number of aliphatic hydroxyl groups is 1. The SMILES string of the molecule is O=C(NCCC(O)C(=O)O)Nc1cc(F)ccc1Cl. The maximum atomic E-state index is 12.9. The highest BCUT2D eigenvalue weighted by Gasteiger charge is 2.13. The molecule has 0 fully saturated rings. The van der Waals surface area contributed by atoms with Crippen LogP contribution in [0.15, 0.2) is 18.2 Å². The molecular weight excluding hydrogens is 279 g/mol. The molecule has 0 radical (unpaired) electrons. The van der Waals surface area contributed by atoms with Gasteiger partial charge in [-0.2, -0.15) is 0 Å². The van der Waals surface area contributed by atoms with E-state index in [1.165, 1.54) is 6.07 Å². The monoisotopic (exact) mass is 290 g/mol. The Hall–Kier alpha value is -1.86. The molecule has 19 heavy (non-hydrogen) atoms. The molecule has 1 aromatic rings. The van der Waals surface area contributed by atoms with Crippen LogP contribution in [0.25, 0.3) is 0 Å². The zero-order chi connectivity index (χ0) is 14.4. The molecule has 2 amide bonds. The highest BCUT2D eigenvalue weighted by Crippen LogP contribution is 2.22. The maximum absolute atomic E-state index is 12.9. The average Bonchev–Trinajstić information content (AvgIpc) is 2.33. The molecule has 1 rings (SSSR count). The maximum Gasteiger partial charge on any atom is 0.332 e. The minimum Gasteiger partial charge on any atom is -0.479 e. The van der Waals surface area contributed by atoms with E-state index in [2.05, 4.69) is 10.6 Å². The van der Waals surface area contributed by atoms with Crippen molar-refractivity contribution in [3.8, 4) is 0 Å². The van der Waals surface area contributed by atoms with E-state index in [0.717, 1.165) is 12.1 Å². The second-order valence-corrected chi connectivity index (χ2v) is 4.05. The van der Waals surface area contributed by atoms with E-state index < -0.39 is 23.9 Å². The van der Waals surface area contributed by atoms with Crippen molar-refractivity contribution < 1.29 is 24.2 Å². The molecule has 0 spiro atoms. The lowest BCUT2D eigenvalue weighted by molar-refractivity contribution is -0.146. The summed E-state index contributed by atoms with van der Waals surface area (Å²) in [6.07, 6.45) is -1.68. The van der Waals surface area contributed by atoms with Crippen LogP contribution in [0.4, 0.5) is 14.9 Å². The van der Waals surface area contributed by atoms with Crippen molar-refractivity contribution in [1.29, 1.82) is 0 Å². The van der Waals surface area contributed by atoms with Gasteiger partial charge in [-0.25, -0.2) is 14.0 Å². The van der Waals surface area contributed by atoms with Crippen LogP contribution in [0.1, 0.15) is 6.42 Å². The second kappa shape index (κ2) is 6.91. The minimum atomic E-state index is -1.54. The topological polar surface area (TPSA) is 98.7 Å². The number of halogens is 2. The van der Waals surface area contributed by atoms with Crippen LogP contribution in [-0.2, 0) is 4.79 Å². The number of benzene rings is 1. The molecule has 0 bridgehead atoms. The first kappa shape index (κ1) is 15.2. The van der Waals surface area contributed by atoms with Gasteiger partial charge in [0.2, 0.25) is 0 Å². The predicted octanol–water partition coefficient (Wildman–Crippen LogP) is 1.44. The predicted molar refractivity (Wildman–Crippen MR) is 66.7 cm³/mol. The summed E-state index contributed by atoms with van der Waals surface area (Å²) >= 11 is 5.74. The molecule has 0 heterocycles. The Morgan fingerprint density at radius 3 is 2.74 bits per heavy atom. The van der Waals surface area contributed by atoms with Crippen molar-refractivity contribution in [3.05, 3.63) is 29.0 Å². The van der Waals surface area contributed by atoms with Crippen LogP contribution < -0.4 is 10.6 Å². The lowest BCUT2D eigenvalue weighted by Crippen LogP contribution is -2.33. The van der Waals surface area contributed by atoms with Gasteiger partial charge in [-0.05, 0) is 18.2 Å². The largest absolute Gasteiger partial charge is 0.479 e. The summed E-state index contributed by atoms with van der Waals surface area (Å²) in [6, 6.07) is 2.81. The molecular formula is C11H12ClFN2O4. The quantitative estimate of drug-likeness (QED) is 0.659. The van der Waals surface area contributed by atoms with Crippen molar-refractivity contribution >= 4 is 29.3 Å². The lowest BCUT2D eigenvalue weighted by atomic mass is 10.2. The molecule has 0 aliphatic carbocycles. The summed E-state index contributed by atoms with van der Waals surface area (Å²) in [5.74, 6) is -1.92. The first-order chi connectivity index (χ1) is 8.90. The molecule has 0 aromatic heterocycles. The van der Waals surface area contributed by atoms with Gasteiger partial charge in [0.15, 0.2) is 6.10 Å². The van der Waals surface area contributed by atoms with Gasteiger partial charge in [0.25, 0.3) is 0 Å². The normalized spacial score (nSPS) is 11.7. The van der Waals surface area contributed by atoms with Crippen LogP contribution in [0.3, 0.4) is 0 Å². The molecule has 104 valence electrons. The fraction of sp³-hybridized carbons (Fsp3) is 0.273. The number of aliphatic carboxylic acids is 1. The number of amides is 2. The zero-order valence-electron chi connectivity index (χ0n) is 9.69. The van der Waals surface area contributed by atoms with Gasteiger partial charge < -0.3 is 20.8 Å². The molecule has 1 atom stereocenters. The number of hydrogen-bond donors (Lipinski definition) is 4. The fourth-order valence-corrected chi connectivity index (χ4v) is 1.37. The molecule has 0 saturated carbocycles. The third-order valence-electron chi connectivity index (χ3n) is 2.16. The van der Waals surface area contributed by atoms with Gasteiger partial charge in [0.1, 0.15) is 5.82 Å². The summed E-state index contributed by atoms with van der Waals surface area (Å²) in [5.41, 5.74) is 0.0953. The summed E-state index contributed by atoms with van der Waals surface area (Å²) in [7, 11) is 0. The molecule has 1 aromatic carbocycles. The third-order valence-corrected chi connectivity index (χ3v) is 2.49. The van der Waals surface area contributed by atoms with E-state index in [1.807, 2.05) is 0 Å². The van der Waals surface area contributed by atoms with Crippen LogP contribution in [0.5, 0.6) is 0 Å². The fourth-order valence-electron chi connectivity index (χ4n) is 1.21. The number of aliphatic hydroxyl groups excluding tert-OH is 1. The number of carboxylic acids is 1. The standard InChI is InChI=1S/C11H12ClFN2O4/c12-7-2-1-6(13)5-8(7)15-11(19)14-4-3-9(16)10(17)18/h1-2,5,9,16H,3-4H2,(H,17,18)(H2,14,15,19). The highest BCUT2D eigenvalue weighted by atomic mass is 35.5. The number of urea groups is 1. The van der Waals surface area contributed by atoms with Gasteiger partial charge in [0.05, 0.1) is 10.7 Å². The van der Waals surface area contributed by atoms with E-state index >= 15 is 0 Å². The van der Waals surface area contributed by atoms with E-state index in [4.69, 9.17) is 21.8 Å². The first-order valence-electron chi connectivity index (χ1n) is 5.31. The second-order valence-electron chi connectivity index (χ2n) is 3.65. The van der Waals surface area contributed by atoms with E-state index in [0.29, 0.717) is 0 Å². The van der Waals surface area contributed by atoms with Crippen molar-refractivity contribution in [2.24, 2.45) is 0 Å². The van der Waals surface area contributed by atoms with Crippen LogP contribution in [0, 0.1) is 5.82 Å². The lowest BCUT2D eigenvalue weighted by Gasteiger charge is -2.10. The highest BCUT2D eigenvalue weighted by molar-refractivity contribution is 6.33. The number of carbonyl (C=O) groups is 2. The Morgan fingerprint density at radius 1 is 1.42 bits per heavy atom. The minimum absolute atomic E-state index is 0.0494. The third kappa shape index (κ3) is 5.11. The number of rotatable bonds is 5. The van der Waals surface area contributed by atoms with Crippen molar-refractivity contribution in [2.45, 2.75) is 12.5 Å². The molecule has 4 N–H and O–H groups in total. The molecule has 6 nitrogen and oxygen atoms in total. The number of nitrogens with one attached hydrogen (secondary N) is 2. The average molecular weight is 291 g/mol. The Kier molecular flexibility index (Phi) is 5.53. The number of carbonyl (C=O) groups excluding carboxylic acids is 1. The van der Waals surface area contributed by atoms with Gasteiger partial charge in [-0.1, -0.05) is 11.6 Å². The summed E-state index contributed by atoms with van der Waals surface area (Å²) in [5, 5.41) is 22.2. The molecule has 0 aliphatic heterocycles. The van der Waals surface area contributed by atoms with Gasteiger partial charge in [-0.3, -0.25) is 0 Å². The Morgan fingerprint density at radius 2 is 2.11 bits per heavy atom. The Balaban J connectivity index is 2.43. The molecule has 8 heteroatoms. The van der Waals surface area contributed by atoms with E-state index in [9.17, 15) is 14.0 Å². The smallest absolute Gasteiger partial charge is 0.332 e. The molecule has 0 aliphatic rings. The summed E-state index contributed by atoms with van der Waals surface area (Å²) < 4.78 is 12.9. The van der Waals surface area contributed by atoms with Crippen LogP contribution >= 0.6 is 11.6 Å². The number of anilines is 1. The van der Waals surface area contributed by atoms with Gasteiger partial charge in [-0.15, -0.1) is 0 Å².